The smallest absolute Gasteiger partial charge is 0.356 e. The quantitative estimate of drug-likeness (QED) is 0.209. The first kappa shape index (κ1) is 31.0. The molecule has 0 amide bonds. The molecule has 1 aliphatic rings. The summed E-state index contributed by atoms with van der Waals surface area (Å²) < 4.78 is 18.0. The van der Waals surface area contributed by atoms with Gasteiger partial charge in [-0.3, -0.25) is 4.90 Å². The monoisotopic (exact) mass is 537 g/mol. The number of aromatic nitrogens is 1. The van der Waals surface area contributed by atoms with Gasteiger partial charge in [-0.1, -0.05) is 41.5 Å². The van der Waals surface area contributed by atoms with Crippen molar-refractivity contribution in [2.75, 3.05) is 44.8 Å². The van der Waals surface area contributed by atoms with E-state index in [1.54, 1.807) is 0 Å². The van der Waals surface area contributed by atoms with Crippen LogP contribution >= 0.6 is 0 Å². The fourth-order valence-corrected chi connectivity index (χ4v) is 5.69. The number of nitrogens with one attached hydrogen (secondary N) is 1. The highest BCUT2D eigenvalue weighted by atomic mass is 28.4. The molecule has 1 aliphatic heterocycles. The van der Waals surface area contributed by atoms with Crippen molar-refractivity contribution in [3.05, 3.63) is 23.0 Å². The third-order valence-corrected chi connectivity index (χ3v) is 17.2. The molecule has 0 atom stereocenters. The van der Waals surface area contributed by atoms with E-state index in [-0.39, 0.29) is 16.0 Å². The highest BCUT2D eigenvalue weighted by molar-refractivity contribution is 6.74. The number of hydrogen-bond donors (Lipinski definition) is 1. The molecule has 0 saturated heterocycles. The standard InChI is InChI=1S/C27H51N3O4Si2/c1-12-32-25(31)23-19-22(28-14-17-33-35(8,9)26(2,3)4)21-13-15-30(20-24(21)29-23)16-18-34-36(10,11)27(5,6)7/h19H,12-18,20H2,1-11H3,(H,28,29). The van der Waals surface area contributed by atoms with E-state index in [1.807, 2.05) is 13.0 Å². The minimum Gasteiger partial charge on any atom is -0.461 e. The summed E-state index contributed by atoms with van der Waals surface area (Å²) in [6.07, 6.45) is 0.886. The average molecular weight is 538 g/mol. The molecule has 0 spiro atoms. The molecule has 2 heterocycles. The number of fused-ring (bicyclic) bond motifs is 1. The maximum atomic E-state index is 12.6. The van der Waals surface area contributed by atoms with Gasteiger partial charge in [0, 0.05) is 38.5 Å². The van der Waals surface area contributed by atoms with Gasteiger partial charge in [0.1, 0.15) is 0 Å². The van der Waals surface area contributed by atoms with Crippen molar-refractivity contribution in [1.82, 2.24) is 9.88 Å². The van der Waals surface area contributed by atoms with Gasteiger partial charge in [-0.2, -0.15) is 0 Å². The molecule has 1 aromatic rings. The molecule has 0 radical (unpaired) electrons. The van der Waals surface area contributed by atoms with Gasteiger partial charge in [-0.05, 0) is 61.2 Å². The largest absolute Gasteiger partial charge is 0.461 e. The Hall–Kier alpha value is -1.27. The zero-order valence-electron chi connectivity index (χ0n) is 24.8. The summed E-state index contributed by atoms with van der Waals surface area (Å²) in [5, 5.41) is 3.92. The highest BCUT2D eigenvalue weighted by Crippen LogP contribution is 2.37. The van der Waals surface area contributed by atoms with Crippen molar-refractivity contribution in [2.24, 2.45) is 0 Å². The number of nitrogens with zero attached hydrogens (tertiary/aromatic N) is 2. The number of rotatable bonds is 11. The predicted molar refractivity (Wildman–Crippen MR) is 154 cm³/mol. The fraction of sp³-hybridized carbons (Fsp3) is 0.778. The molecular formula is C27H51N3O4Si2. The maximum absolute atomic E-state index is 12.6. The maximum Gasteiger partial charge on any atom is 0.356 e. The van der Waals surface area contributed by atoms with Gasteiger partial charge < -0.3 is 18.9 Å². The molecule has 0 bridgehead atoms. The van der Waals surface area contributed by atoms with E-state index in [0.29, 0.717) is 32.0 Å². The summed E-state index contributed by atoms with van der Waals surface area (Å²) in [4.78, 5) is 19.7. The second-order valence-corrected chi connectivity index (χ2v) is 22.5. The zero-order chi connectivity index (χ0) is 27.4. The van der Waals surface area contributed by atoms with Crippen LogP contribution in [-0.2, 0) is 26.6 Å². The second kappa shape index (κ2) is 12.1. The highest BCUT2D eigenvalue weighted by Gasteiger charge is 2.38. The molecule has 36 heavy (non-hydrogen) atoms. The predicted octanol–water partition coefficient (Wildman–Crippen LogP) is 6.07. The molecule has 206 valence electrons. The van der Waals surface area contributed by atoms with Crippen LogP contribution in [0.2, 0.25) is 36.3 Å². The Balaban J connectivity index is 2.11. The van der Waals surface area contributed by atoms with E-state index >= 15 is 0 Å². The number of carbonyl (C=O) groups excluding carboxylic acids is 1. The number of esters is 1. The normalized spacial score (nSPS) is 15.5. The van der Waals surface area contributed by atoms with Crippen LogP contribution < -0.4 is 5.32 Å². The molecule has 0 saturated carbocycles. The lowest BCUT2D eigenvalue weighted by molar-refractivity contribution is 0.0518. The van der Waals surface area contributed by atoms with Crippen LogP contribution in [-0.4, -0.2) is 71.9 Å². The third-order valence-electron chi connectivity index (χ3n) is 8.11. The van der Waals surface area contributed by atoms with Gasteiger partial charge >= 0.3 is 5.97 Å². The minimum absolute atomic E-state index is 0.178. The first-order valence-electron chi connectivity index (χ1n) is 13.4. The average Bonchev–Trinajstić information content (AvgIpc) is 2.74. The number of ether oxygens (including phenoxy) is 1. The number of carbonyl (C=O) groups is 1. The summed E-state index contributed by atoms with van der Waals surface area (Å²) in [5.41, 5.74) is 3.48. The molecule has 0 aliphatic carbocycles. The lowest BCUT2D eigenvalue weighted by Gasteiger charge is -2.37. The van der Waals surface area contributed by atoms with Gasteiger partial charge in [-0.15, -0.1) is 0 Å². The fourth-order valence-electron chi connectivity index (χ4n) is 3.61. The van der Waals surface area contributed by atoms with E-state index in [1.165, 1.54) is 5.56 Å². The van der Waals surface area contributed by atoms with Gasteiger partial charge in [0.05, 0.1) is 18.9 Å². The SMILES string of the molecule is CCOC(=O)c1cc(NCCO[Si](C)(C)C(C)(C)C)c2c(n1)CN(CCO[Si](C)(C)C(C)(C)C)CC2. The van der Waals surface area contributed by atoms with Crippen molar-refractivity contribution in [2.45, 2.75) is 97.7 Å². The molecule has 2 rings (SSSR count). The van der Waals surface area contributed by atoms with Gasteiger partial charge in [-0.25, -0.2) is 9.78 Å². The number of hydrogen-bond acceptors (Lipinski definition) is 7. The molecule has 1 N–H and O–H groups in total. The van der Waals surface area contributed by atoms with Crippen molar-refractivity contribution in [3.63, 3.8) is 0 Å². The number of pyridine rings is 1. The molecule has 0 aromatic carbocycles. The van der Waals surface area contributed by atoms with Crippen LogP contribution in [0.15, 0.2) is 6.07 Å². The van der Waals surface area contributed by atoms with E-state index in [0.717, 1.165) is 37.5 Å². The molecule has 7 nitrogen and oxygen atoms in total. The molecule has 9 heteroatoms. The Kier molecular flexibility index (Phi) is 10.4. The first-order chi connectivity index (χ1) is 16.5. The van der Waals surface area contributed by atoms with Gasteiger partial charge in [0.15, 0.2) is 22.3 Å². The summed E-state index contributed by atoms with van der Waals surface area (Å²) >= 11 is 0. The van der Waals surface area contributed by atoms with Crippen molar-refractivity contribution >= 4 is 28.3 Å². The Morgan fingerprint density at radius 1 is 1.03 bits per heavy atom. The molecule has 0 fully saturated rings. The zero-order valence-corrected chi connectivity index (χ0v) is 26.8. The van der Waals surface area contributed by atoms with Crippen LogP contribution in [0.4, 0.5) is 5.69 Å². The van der Waals surface area contributed by atoms with Crippen LogP contribution in [0, 0.1) is 0 Å². The second-order valence-electron chi connectivity index (χ2n) is 12.9. The van der Waals surface area contributed by atoms with Crippen LogP contribution in [0.25, 0.3) is 0 Å². The van der Waals surface area contributed by atoms with Crippen molar-refractivity contribution < 1.29 is 18.4 Å². The van der Waals surface area contributed by atoms with E-state index in [9.17, 15) is 4.79 Å². The van der Waals surface area contributed by atoms with E-state index in [4.69, 9.17) is 18.6 Å². The lowest BCUT2D eigenvalue weighted by Crippen LogP contribution is -2.43. The van der Waals surface area contributed by atoms with Crippen LogP contribution in [0.1, 0.15) is 70.2 Å². The molecular weight excluding hydrogens is 486 g/mol. The van der Waals surface area contributed by atoms with Gasteiger partial charge in [0.25, 0.3) is 0 Å². The summed E-state index contributed by atoms with van der Waals surface area (Å²) in [7, 11) is -3.57. The van der Waals surface area contributed by atoms with E-state index < -0.39 is 16.6 Å². The Bertz CT molecular complexity index is 892. The summed E-state index contributed by atoms with van der Waals surface area (Å²) in [6.45, 7) is 29.4. The van der Waals surface area contributed by atoms with Crippen LogP contribution in [0.3, 0.4) is 0 Å². The summed E-state index contributed by atoms with van der Waals surface area (Å²) in [5.74, 6) is -0.376. The third kappa shape index (κ3) is 8.12. The van der Waals surface area contributed by atoms with Gasteiger partial charge in [0.2, 0.25) is 0 Å². The number of anilines is 1. The van der Waals surface area contributed by atoms with Crippen molar-refractivity contribution in [3.8, 4) is 0 Å². The lowest BCUT2D eigenvalue weighted by atomic mass is 10.0. The van der Waals surface area contributed by atoms with Crippen LogP contribution in [0.5, 0.6) is 0 Å². The topological polar surface area (TPSA) is 72.9 Å². The molecule has 1 aromatic heterocycles. The Labute approximate surface area is 221 Å². The molecule has 0 unspecified atom stereocenters. The first-order valence-corrected chi connectivity index (χ1v) is 19.2. The Morgan fingerprint density at radius 2 is 1.61 bits per heavy atom. The summed E-state index contributed by atoms with van der Waals surface area (Å²) in [6, 6.07) is 1.85. The van der Waals surface area contributed by atoms with Crippen molar-refractivity contribution in [1.29, 1.82) is 0 Å². The minimum atomic E-state index is -1.80. The van der Waals surface area contributed by atoms with E-state index in [2.05, 4.69) is 77.9 Å². The Morgan fingerprint density at radius 3 is 2.17 bits per heavy atom.